The van der Waals surface area contributed by atoms with E-state index < -0.39 is 0 Å². The largest absolute Gasteiger partial charge is 0.489 e. The van der Waals surface area contributed by atoms with E-state index in [1.54, 1.807) is 0 Å². The second kappa shape index (κ2) is 5.16. The predicted octanol–water partition coefficient (Wildman–Crippen LogP) is 1.63. The van der Waals surface area contributed by atoms with Crippen LogP contribution in [0, 0.1) is 5.41 Å². The van der Waals surface area contributed by atoms with Gasteiger partial charge in [-0.15, -0.1) is 0 Å². The summed E-state index contributed by atoms with van der Waals surface area (Å²) in [5, 5.41) is 0. The van der Waals surface area contributed by atoms with E-state index in [-0.39, 0.29) is 11.3 Å². The standard InChI is InChI=1S/C17H22N2O3/c1-18-6-8-19(9-7-18)16(20)13-2-3-14-15(10-13)22-12-17(4-5-17)11-21-14/h2-3,10H,4-9,11-12H2,1H3. The summed E-state index contributed by atoms with van der Waals surface area (Å²) in [6.07, 6.45) is 2.35. The smallest absolute Gasteiger partial charge is 0.254 e. The van der Waals surface area contributed by atoms with Gasteiger partial charge in [0, 0.05) is 37.2 Å². The first-order valence-electron chi connectivity index (χ1n) is 8.03. The van der Waals surface area contributed by atoms with E-state index >= 15 is 0 Å². The minimum Gasteiger partial charge on any atom is -0.489 e. The topological polar surface area (TPSA) is 42.0 Å². The highest BCUT2D eigenvalue weighted by Gasteiger charge is 2.46. The fourth-order valence-electron chi connectivity index (χ4n) is 3.03. The number of hydrogen-bond donors (Lipinski definition) is 0. The molecule has 0 bridgehead atoms. The Balaban J connectivity index is 1.51. The van der Waals surface area contributed by atoms with Gasteiger partial charge in [0.05, 0.1) is 13.2 Å². The molecule has 1 aliphatic carbocycles. The van der Waals surface area contributed by atoms with Gasteiger partial charge in [0.25, 0.3) is 5.91 Å². The molecule has 5 heteroatoms. The van der Waals surface area contributed by atoms with E-state index in [0.717, 1.165) is 38.5 Å². The van der Waals surface area contributed by atoms with Gasteiger partial charge in [0.1, 0.15) is 0 Å². The number of likely N-dealkylation sites (N-methyl/N-ethyl adjacent to an activating group) is 1. The average molecular weight is 302 g/mol. The molecule has 22 heavy (non-hydrogen) atoms. The molecule has 2 aliphatic heterocycles. The summed E-state index contributed by atoms with van der Waals surface area (Å²) in [5.74, 6) is 1.56. The van der Waals surface area contributed by atoms with Crippen LogP contribution in [-0.4, -0.2) is 62.1 Å². The second-order valence-electron chi connectivity index (χ2n) is 6.83. The minimum absolute atomic E-state index is 0.0879. The third-order valence-electron chi connectivity index (χ3n) is 5.01. The van der Waals surface area contributed by atoms with Gasteiger partial charge in [-0.1, -0.05) is 0 Å². The van der Waals surface area contributed by atoms with Gasteiger partial charge in [-0.2, -0.15) is 0 Å². The summed E-state index contributed by atoms with van der Waals surface area (Å²) in [6, 6.07) is 5.57. The Bertz CT molecular complexity index is 590. The van der Waals surface area contributed by atoms with Crippen molar-refractivity contribution in [3.05, 3.63) is 23.8 Å². The summed E-state index contributed by atoms with van der Waals surface area (Å²) >= 11 is 0. The van der Waals surface area contributed by atoms with Crippen LogP contribution in [0.5, 0.6) is 11.5 Å². The average Bonchev–Trinajstić information content (AvgIpc) is 3.34. The van der Waals surface area contributed by atoms with Gasteiger partial charge in [0.2, 0.25) is 0 Å². The van der Waals surface area contributed by atoms with Gasteiger partial charge >= 0.3 is 0 Å². The van der Waals surface area contributed by atoms with Crippen LogP contribution in [0.25, 0.3) is 0 Å². The fourth-order valence-corrected chi connectivity index (χ4v) is 3.03. The predicted molar refractivity (Wildman–Crippen MR) is 82.5 cm³/mol. The molecule has 1 saturated carbocycles. The van der Waals surface area contributed by atoms with Crippen LogP contribution < -0.4 is 9.47 Å². The minimum atomic E-state index is 0.0879. The number of carbonyl (C=O) groups is 1. The number of carbonyl (C=O) groups excluding carboxylic acids is 1. The lowest BCUT2D eigenvalue weighted by atomic mass is 10.1. The maximum Gasteiger partial charge on any atom is 0.254 e. The molecule has 0 unspecified atom stereocenters. The first-order valence-corrected chi connectivity index (χ1v) is 8.03. The number of amides is 1. The monoisotopic (exact) mass is 302 g/mol. The number of ether oxygens (including phenoxy) is 2. The Kier molecular flexibility index (Phi) is 3.26. The summed E-state index contributed by atoms with van der Waals surface area (Å²) in [7, 11) is 2.09. The molecule has 2 fully saturated rings. The third-order valence-corrected chi connectivity index (χ3v) is 5.01. The molecule has 0 radical (unpaired) electrons. The van der Waals surface area contributed by atoms with Crippen LogP contribution >= 0.6 is 0 Å². The molecule has 1 aromatic carbocycles. The Labute approximate surface area is 130 Å². The molecule has 2 heterocycles. The zero-order chi connectivity index (χ0) is 15.2. The van der Waals surface area contributed by atoms with E-state index in [1.807, 2.05) is 23.1 Å². The molecule has 4 rings (SSSR count). The molecule has 5 nitrogen and oxygen atoms in total. The fraction of sp³-hybridized carbons (Fsp3) is 0.588. The molecular formula is C17H22N2O3. The van der Waals surface area contributed by atoms with E-state index in [2.05, 4.69) is 11.9 Å². The maximum atomic E-state index is 12.6. The van der Waals surface area contributed by atoms with Crippen molar-refractivity contribution in [1.29, 1.82) is 0 Å². The van der Waals surface area contributed by atoms with Gasteiger partial charge in [-0.3, -0.25) is 4.79 Å². The highest BCUT2D eigenvalue weighted by molar-refractivity contribution is 5.95. The summed E-state index contributed by atoms with van der Waals surface area (Å²) < 4.78 is 11.8. The normalized spacial score (nSPS) is 23.2. The molecule has 1 saturated heterocycles. The van der Waals surface area contributed by atoms with Crippen LogP contribution in [0.4, 0.5) is 0 Å². The van der Waals surface area contributed by atoms with Crippen molar-refractivity contribution < 1.29 is 14.3 Å². The molecule has 1 amide bonds. The molecule has 118 valence electrons. The van der Waals surface area contributed by atoms with E-state index in [1.165, 1.54) is 12.8 Å². The van der Waals surface area contributed by atoms with Crippen LogP contribution in [0.2, 0.25) is 0 Å². The molecule has 3 aliphatic rings. The highest BCUT2D eigenvalue weighted by atomic mass is 16.5. The van der Waals surface area contributed by atoms with Crippen LogP contribution in [0.15, 0.2) is 18.2 Å². The number of piperazine rings is 1. The summed E-state index contributed by atoms with van der Waals surface area (Å²) in [4.78, 5) is 16.8. The third kappa shape index (κ3) is 2.54. The number of nitrogens with zero attached hydrogens (tertiary/aromatic N) is 2. The molecule has 0 aromatic heterocycles. The quantitative estimate of drug-likeness (QED) is 0.791. The lowest BCUT2D eigenvalue weighted by Crippen LogP contribution is -2.47. The molecular weight excluding hydrogens is 280 g/mol. The zero-order valence-corrected chi connectivity index (χ0v) is 13.0. The lowest BCUT2D eigenvalue weighted by molar-refractivity contribution is 0.0663. The van der Waals surface area contributed by atoms with Crippen molar-refractivity contribution >= 4 is 5.91 Å². The molecule has 1 aromatic rings. The number of rotatable bonds is 1. The van der Waals surface area contributed by atoms with E-state index in [0.29, 0.717) is 17.9 Å². The Hall–Kier alpha value is -1.75. The summed E-state index contributed by atoms with van der Waals surface area (Å²) in [6.45, 7) is 4.86. The van der Waals surface area contributed by atoms with E-state index in [9.17, 15) is 4.79 Å². The second-order valence-corrected chi connectivity index (χ2v) is 6.83. The van der Waals surface area contributed by atoms with Gasteiger partial charge in [0.15, 0.2) is 11.5 Å². The van der Waals surface area contributed by atoms with Gasteiger partial charge in [-0.05, 0) is 38.1 Å². The molecule has 0 N–H and O–H groups in total. The van der Waals surface area contributed by atoms with Crippen molar-refractivity contribution in [3.63, 3.8) is 0 Å². The Morgan fingerprint density at radius 2 is 1.73 bits per heavy atom. The molecule has 0 atom stereocenters. The maximum absolute atomic E-state index is 12.6. The van der Waals surface area contributed by atoms with Crippen LogP contribution in [0.1, 0.15) is 23.2 Å². The van der Waals surface area contributed by atoms with Crippen molar-refractivity contribution in [3.8, 4) is 11.5 Å². The Morgan fingerprint density at radius 3 is 2.41 bits per heavy atom. The molecule has 1 spiro atoms. The van der Waals surface area contributed by atoms with Crippen LogP contribution in [-0.2, 0) is 0 Å². The van der Waals surface area contributed by atoms with E-state index in [4.69, 9.17) is 9.47 Å². The highest BCUT2D eigenvalue weighted by Crippen LogP contribution is 2.49. The number of benzene rings is 1. The van der Waals surface area contributed by atoms with Crippen molar-refractivity contribution in [2.45, 2.75) is 12.8 Å². The summed E-state index contributed by atoms with van der Waals surface area (Å²) in [5.41, 5.74) is 0.916. The van der Waals surface area contributed by atoms with Gasteiger partial charge in [-0.25, -0.2) is 0 Å². The van der Waals surface area contributed by atoms with Crippen molar-refractivity contribution in [1.82, 2.24) is 9.80 Å². The number of hydrogen-bond acceptors (Lipinski definition) is 4. The van der Waals surface area contributed by atoms with Gasteiger partial charge < -0.3 is 19.3 Å². The van der Waals surface area contributed by atoms with Crippen LogP contribution in [0.3, 0.4) is 0 Å². The first-order chi connectivity index (χ1) is 10.7. The Morgan fingerprint density at radius 1 is 1.05 bits per heavy atom. The first kappa shape index (κ1) is 13.9. The number of fused-ring (bicyclic) bond motifs is 1. The SMILES string of the molecule is CN1CCN(C(=O)c2ccc3c(c2)OCC2(CC2)CO3)CC1. The lowest BCUT2D eigenvalue weighted by Gasteiger charge is -2.32. The van der Waals surface area contributed by atoms with Crippen molar-refractivity contribution in [2.24, 2.45) is 5.41 Å². The zero-order valence-electron chi connectivity index (χ0n) is 13.0. The van der Waals surface area contributed by atoms with Crippen molar-refractivity contribution in [2.75, 3.05) is 46.4 Å².